The average Bonchev–Trinajstić information content (AvgIpc) is 2.37. The van der Waals surface area contributed by atoms with E-state index in [1.807, 2.05) is 0 Å². The van der Waals surface area contributed by atoms with Crippen LogP contribution in [0.4, 0.5) is 8.78 Å². The van der Waals surface area contributed by atoms with Gasteiger partial charge in [0.05, 0.1) is 0 Å². The maximum atomic E-state index is 13.1. The minimum absolute atomic E-state index is 0.401. The van der Waals surface area contributed by atoms with Crippen molar-refractivity contribution in [1.82, 2.24) is 5.32 Å². The molecule has 0 aliphatic heterocycles. The van der Waals surface area contributed by atoms with E-state index in [-0.39, 0.29) is 0 Å². The van der Waals surface area contributed by atoms with Crippen LogP contribution in [0.1, 0.15) is 27.2 Å². The van der Waals surface area contributed by atoms with Gasteiger partial charge in [-0.25, -0.2) is 8.78 Å². The lowest BCUT2D eigenvalue weighted by atomic mass is 10.0. The molecule has 0 aromatic heterocycles. The fourth-order valence-electron chi connectivity index (χ4n) is 1.72. The number of nitrogens with one attached hydrogen (secondary N) is 1. The molecule has 0 aliphatic rings. The molecule has 0 aliphatic carbocycles. The molecule has 102 valence electrons. The van der Waals surface area contributed by atoms with Gasteiger partial charge in [-0.2, -0.15) is 0 Å². The Hall–Kier alpha value is -0.610. The van der Waals surface area contributed by atoms with Gasteiger partial charge < -0.3 is 5.32 Å². The third-order valence-corrected chi connectivity index (χ3v) is 4.23. The van der Waals surface area contributed by atoms with Crippen molar-refractivity contribution < 1.29 is 8.78 Å². The summed E-state index contributed by atoms with van der Waals surface area (Å²) in [5, 5.41) is 3.44. The minimum Gasteiger partial charge on any atom is -0.313 e. The van der Waals surface area contributed by atoms with E-state index in [9.17, 15) is 8.78 Å². The van der Waals surface area contributed by atoms with Crippen molar-refractivity contribution in [2.45, 2.75) is 38.1 Å². The van der Waals surface area contributed by atoms with Crippen LogP contribution in [0.3, 0.4) is 0 Å². The normalized spacial score (nSPS) is 14.5. The Morgan fingerprint density at radius 2 is 1.94 bits per heavy atom. The molecule has 1 aromatic rings. The highest BCUT2D eigenvalue weighted by Gasteiger charge is 2.15. The van der Waals surface area contributed by atoms with Crippen molar-refractivity contribution >= 4 is 11.8 Å². The summed E-state index contributed by atoms with van der Waals surface area (Å²) in [7, 11) is 0. The van der Waals surface area contributed by atoms with Gasteiger partial charge in [0.15, 0.2) is 11.6 Å². The lowest BCUT2D eigenvalue weighted by Gasteiger charge is -2.23. The van der Waals surface area contributed by atoms with E-state index in [1.165, 1.54) is 12.1 Å². The molecule has 2 unspecified atom stereocenters. The van der Waals surface area contributed by atoms with Crippen molar-refractivity contribution in [3.05, 3.63) is 29.8 Å². The fourth-order valence-corrected chi connectivity index (χ4v) is 2.89. The van der Waals surface area contributed by atoms with E-state index in [0.29, 0.717) is 12.0 Å². The average molecular weight is 273 g/mol. The number of hydrogen-bond donors (Lipinski definition) is 1. The molecule has 0 radical (unpaired) electrons. The Morgan fingerprint density at radius 1 is 1.22 bits per heavy atom. The van der Waals surface area contributed by atoms with E-state index >= 15 is 0 Å². The molecule has 0 fully saturated rings. The molecule has 0 saturated heterocycles. The van der Waals surface area contributed by atoms with E-state index in [0.717, 1.165) is 23.6 Å². The molecule has 2 atom stereocenters. The van der Waals surface area contributed by atoms with Crippen LogP contribution in [0.5, 0.6) is 0 Å². The lowest BCUT2D eigenvalue weighted by molar-refractivity contribution is 0.404. The molecule has 1 N–H and O–H groups in total. The monoisotopic (exact) mass is 273 g/mol. The Kier molecular flexibility index (Phi) is 6.65. The van der Waals surface area contributed by atoms with Crippen molar-refractivity contribution in [3.8, 4) is 0 Å². The Bertz CT molecular complexity index is 371. The van der Waals surface area contributed by atoms with E-state index in [2.05, 4.69) is 26.1 Å². The van der Waals surface area contributed by atoms with Crippen molar-refractivity contribution in [2.75, 3.05) is 12.3 Å². The largest absolute Gasteiger partial charge is 0.313 e. The highest BCUT2D eigenvalue weighted by molar-refractivity contribution is 7.99. The molecule has 0 heterocycles. The summed E-state index contributed by atoms with van der Waals surface area (Å²) in [6.07, 6.45) is 1.11. The van der Waals surface area contributed by atoms with Crippen LogP contribution in [-0.2, 0) is 0 Å². The topological polar surface area (TPSA) is 12.0 Å². The maximum Gasteiger partial charge on any atom is 0.159 e. The van der Waals surface area contributed by atoms with Crippen LogP contribution in [-0.4, -0.2) is 18.3 Å². The molecular formula is C14H21F2NS. The lowest BCUT2D eigenvalue weighted by Crippen LogP contribution is -2.36. The summed E-state index contributed by atoms with van der Waals surface area (Å²) in [6, 6.07) is 4.48. The fraction of sp³-hybridized carbons (Fsp3) is 0.571. The van der Waals surface area contributed by atoms with Crippen LogP contribution < -0.4 is 5.32 Å². The summed E-state index contributed by atoms with van der Waals surface area (Å²) < 4.78 is 25.9. The van der Waals surface area contributed by atoms with Gasteiger partial charge in [0.25, 0.3) is 0 Å². The molecule has 0 spiro atoms. The highest BCUT2D eigenvalue weighted by Crippen LogP contribution is 2.23. The molecule has 4 heteroatoms. The zero-order valence-corrected chi connectivity index (χ0v) is 12.0. The third-order valence-electron chi connectivity index (χ3n) is 3.12. The second-order valence-electron chi connectivity index (χ2n) is 4.44. The van der Waals surface area contributed by atoms with Crippen molar-refractivity contribution in [2.24, 2.45) is 5.92 Å². The first kappa shape index (κ1) is 15.4. The van der Waals surface area contributed by atoms with Crippen LogP contribution >= 0.6 is 11.8 Å². The highest BCUT2D eigenvalue weighted by atomic mass is 32.2. The number of hydrogen-bond acceptors (Lipinski definition) is 2. The van der Waals surface area contributed by atoms with Crippen LogP contribution in [0.25, 0.3) is 0 Å². The Morgan fingerprint density at radius 3 is 2.50 bits per heavy atom. The first-order chi connectivity index (χ1) is 8.58. The molecule has 1 aromatic carbocycles. The molecule has 0 saturated carbocycles. The zero-order valence-electron chi connectivity index (χ0n) is 11.2. The van der Waals surface area contributed by atoms with Crippen molar-refractivity contribution in [1.29, 1.82) is 0 Å². The van der Waals surface area contributed by atoms with E-state index < -0.39 is 11.6 Å². The third kappa shape index (κ3) is 4.58. The number of thioether (sulfide) groups is 1. The second-order valence-corrected chi connectivity index (χ2v) is 5.53. The molecule has 1 rings (SSSR count). The molecule has 1 nitrogen and oxygen atoms in total. The second kappa shape index (κ2) is 7.74. The molecule has 0 amide bonds. The molecular weight excluding hydrogens is 252 g/mol. The van der Waals surface area contributed by atoms with Gasteiger partial charge in [-0.1, -0.05) is 27.2 Å². The number of halogens is 2. The minimum atomic E-state index is -0.787. The maximum absolute atomic E-state index is 13.1. The van der Waals surface area contributed by atoms with Crippen LogP contribution in [0.15, 0.2) is 23.1 Å². The van der Waals surface area contributed by atoms with Gasteiger partial charge in [-0.05, 0) is 30.7 Å². The van der Waals surface area contributed by atoms with Crippen LogP contribution in [0, 0.1) is 17.6 Å². The van der Waals surface area contributed by atoms with Crippen LogP contribution in [0.2, 0.25) is 0 Å². The summed E-state index contributed by atoms with van der Waals surface area (Å²) in [5.74, 6) is -0.121. The van der Waals surface area contributed by atoms with Gasteiger partial charge in [0.1, 0.15) is 0 Å². The predicted molar refractivity (Wildman–Crippen MR) is 74.0 cm³/mol. The predicted octanol–water partition coefficient (Wildman–Crippen LogP) is 4.08. The van der Waals surface area contributed by atoms with Gasteiger partial charge in [0, 0.05) is 16.7 Å². The molecule has 0 bridgehead atoms. The van der Waals surface area contributed by atoms with Gasteiger partial charge in [-0.3, -0.25) is 0 Å². The quantitative estimate of drug-likeness (QED) is 0.751. The summed E-state index contributed by atoms with van der Waals surface area (Å²) in [6.45, 7) is 7.38. The van der Waals surface area contributed by atoms with E-state index in [1.54, 1.807) is 17.8 Å². The standard InChI is InChI=1S/C14H21F2NS/c1-4-10(3)14(17-5-2)9-18-11-6-7-12(15)13(16)8-11/h6-8,10,14,17H,4-5,9H2,1-3H3. The first-order valence-corrected chi connectivity index (χ1v) is 7.38. The van der Waals surface area contributed by atoms with Crippen molar-refractivity contribution in [3.63, 3.8) is 0 Å². The summed E-state index contributed by atoms with van der Waals surface area (Å²) in [4.78, 5) is 0.778. The molecule has 18 heavy (non-hydrogen) atoms. The van der Waals surface area contributed by atoms with Gasteiger partial charge >= 0.3 is 0 Å². The SMILES string of the molecule is CCNC(CSc1ccc(F)c(F)c1)C(C)CC. The zero-order chi connectivity index (χ0) is 13.5. The smallest absolute Gasteiger partial charge is 0.159 e. The van der Waals surface area contributed by atoms with Gasteiger partial charge in [-0.15, -0.1) is 11.8 Å². The summed E-state index contributed by atoms with van der Waals surface area (Å²) in [5.41, 5.74) is 0. The number of rotatable bonds is 7. The summed E-state index contributed by atoms with van der Waals surface area (Å²) >= 11 is 1.57. The first-order valence-electron chi connectivity index (χ1n) is 6.39. The number of benzene rings is 1. The Balaban J connectivity index is 2.58. The Labute approximate surface area is 112 Å². The van der Waals surface area contributed by atoms with E-state index in [4.69, 9.17) is 0 Å². The van der Waals surface area contributed by atoms with Gasteiger partial charge in [0.2, 0.25) is 0 Å².